The van der Waals surface area contributed by atoms with Crippen molar-refractivity contribution in [1.82, 2.24) is 29.5 Å². The van der Waals surface area contributed by atoms with Crippen molar-refractivity contribution in [3.63, 3.8) is 0 Å². The molecule has 56 heavy (non-hydrogen) atoms. The summed E-state index contributed by atoms with van der Waals surface area (Å²) in [5.74, 6) is -1.77. The topological polar surface area (TPSA) is 202 Å². The van der Waals surface area contributed by atoms with Crippen molar-refractivity contribution < 1.29 is 32.7 Å². The Morgan fingerprint density at radius 2 is 1.95 bits per heavy atom. The van der Waals surface area contributed by atoms with E-state index in [1.165, 1.54) is 11.8 Å². The van der Waals surface area contributed by atoms with E-state index in [-0.39, 0.29) is 36.5 Å². The number of fused-ring (bicyclic) bond motifs is 2. The number of ether oxygens (including phenoxy) is 1. The number of aryl methyl sites for hydroxylation is 1. The van der Waals surface area contributed by atoms with Crippen LogP contribution >= 0.6 is 0 Å². The molecule has 1 aliphatic heterocycles. The van der Waals surface area contributed by atoms with Crippen molar-refractivity contribution in [2.75, 3.05) is 35.6 Å². The summed E-state index contributed by atoms with van der Waals surface area (Å²) in [5.41, 5.74) is 4.52. The predicted octanol–water partition coefficient (Wildman–Crippen LogP) is 5.78. The zero-order valence-electron chi connectivity index (χ0n) is 30.9. The van der Waals surface area contributed by atoms with Crippen LogP contribution in [0, 0.1) is 12.8 Å². The maximum atomic E-state index is 13.3. The highest BCUT2D eigenvalue weighted by atomic mass is 19.1. The van der Waals surface area contributed by atoms with Crippen molar-refractivity contribution in [2.24, 2.45) is 5.92 Å². The lowest BCUT2D eigenvalue weighted by atomic mass is 9.94. The highest BCUT2D eigenvalue weighted by Crippen LogP contribution is 2.32. The van der Waals surface area contributed by atoms with Crippen molar-refractivity contribution >= 4 is 46.0 Å². The predicted molar refractivity (Wildman–Crippen MR) is 205 cm³/mol. The van der Waals surface area contributed by atoms with Crippen LogP contribution in [-0.2, 0) is 22.7 Å². The third-order valence-corrected chi connectivity index (χ3v) is 9.66. The minimum absolute atomic E-state index is 0.0598. The van der Waals surface area contributed by atoms with Gasteiger partial charge in [0, 0.05) is 53.9 Å². The molecule has 1 fully saturated rings. The third kappa shape index (κ3) is 8.07. The van der Waals surface area contributed by atoms with Gasteiger partial charge in [-0.15, -0.1) is 0 Å². The molecule has 6 aromatic rings. The second kappa shape index (κ2) is 16.0. The maximum absolute atomic E-state index is 13.3. The monoisotopic (exact) mass is 765 g/mol. The molecule has 0 radical (unpaired) electrons. The van der Waals surface area contributed by atoms with Gasteiger partial charge in [-0.3, -0.25) is 9.78 Å². The molecule has 2 atom stereocenters. The summed E-state index contributed by atoms with van der Waals surface area (Å²) in [6.45, 7) is 9.55. The summed E-state index contributed by atoms with van der Waals surface area (Å²) in [5, 5.41) is 26.5. The van der Waals surface area contributed by atoms with Gasteiger partial charge in [-0.2, -0.15) is 19.6 Å². The normalized spacial score (nSPS) is 15.6. The SMILES string of the molecule is C=C(F)C(=O)Nc1ccc2c(-c3ccccc3CNc3nc(NC[C@H]4CCN(C(=O)OCc5oc(=O)oc5C)C[C@@H]4O)nc4c(C(C)C)cnn34)nccc2c1. The van der Waals surface area contributed by atoms with Crippen LogP contribution in [0.3, 0.4) is 0 Å². The van der Waals surface area contributed by atoms with Gasteiger partial charge in [-0.25, -0.2) is 14.0 Å². The van der Waals surface area contributed by atoms with E-state index in [1.807, 2.05) is 36.4 Å². The van der Waals surface area contributed by atoms with Gasteiger partial charge in [-0.1, -0.05) is 50.8 Å². The number of β-amino-alcohol motifs (C(OH)–C–C–N with tert-alkyl or cyclic N) is 1. The molecule has 2 amide bonds. The van der Waals surface area contributed by atoms with Gasteiger partial charge >= 0.3 is 11.9 Å². The number of likely N-dealkylation sites (tertiary alicyclic amines) is 1. The summed E-state index contributed by atoms with van der Waals surface area (Å²) in [6, 6.07) is 14.9. The van der Waals surface area contributed by atoms with Crippen LogP contribution in [0.4, 0.5) is 26.8 Å². The Balaban J connectivity index is 1.06. The average Bonchev–Trinajstić information content (AvgIpc) is 3.76. The minimum Gasteiger partial charge on any atom is -0.441 e. The van der Waals surface area contributed by atoms with Gasteiger partial charge in [-0.05, 0) is 48.4 Å². The highest BCUT2D eigenvalue weighted by Gasteiger charge is 2.31. The number of rotatable bonds is 12. The summed E-state index contributed by atoms with van der Waals surface area (Å²) in [6.07, 6.45) is 2.46. The van der Waals surface area contributed by atoms with E-state index in [2.05, 4.69) is 41.5 Å². The standard InChI is InChI=1S/C39H40FN9O7/c1-21(2)30-18-44-49-34(30)46-36(42-17-26-12-14-48(19-31(26)50)38(52)54-20-32-23(4)55-39(53)56-32)47-37(49)43-16-25-7-5-6-8-28(25)33-29-10-9-27(45-35(51)22(3)40)15-24(29)11-13-41-33/h5-11,13,15,18,21,26,31,50H,3,12,14,16-17,19-20H2,1-2,4H3,(H,45,51)(H2,42,43,46,47)/t26-,31+/m1/s1. The van der Waals surface area contributed by atoms with Crippen LogP contribution in [0.5, 0.6) is 0 Å². The van der Waals surface area contributed by atoms with Crippen LogP contribution in [0.1, 0.15) is 48.8 Å². The lowest BCUT2D eigenvalue weighted by molar-refractivity contribution is -0.114. The molecular weight excluding hydrogens is 725 g/mol. The second-order valence-electron chi connectivity index (χ2n) is 13.8. The average molecular weight is 766 g/mol. The molecule has 1 saturated heterocycles. The van der Waals surface area contributed by atoms with Crippen molar-refractivity contribution in [2.45, 2.75) is 52.4 Å². The molecule has 0 saturated carbocycles. The molecule has 16 nitrogen and oxygen atoms in total. The first-order valence-electron chi connectivity index (χ1n) is 18.0. The number of carbonyl (C=O) groups is 2. The van der Waals surface area contributed by atoms with Crippen molar-refractivity contribution in [3.8, 4) is 11.3 Å². The van der Waals surface area contributed by atoms with Gasteiger partial charge < -0.3 is 39.5 Å². The molecule has 0 unspecified atom stereocenters. The van der Waals surface area contributed by atoms with Crippen LogP contribution in [0.25, 0.3) is 27.7 Å². The van der Waals surface area contributed by atoms with Gasteiger partial charge in [0.05, 0.1) is 24.5 Å². The number of carbonyl (C=O) groups excluding carboxylic acids is 2. The lowest BCUT2D eigenvalue weighted by Gasteiger charge is -2.35. The number of aromatic nitrogens is 5. The molecule has 1 aliphatic rings. The molecule has 2 aromatic carbocycles. The lowest BCUT2D eigenvalue weighted by Crippen LogP contribution is -2.48. The Labute approximate surface area is 319 Å². The Hall–Kier alpha value is -6.62. The quantitative estimate of drug-likeness (QED) is 0.109. The number of aliphatic hydroxyl groups excluding tert-OH is 1. The number of hydrogen-bond acceptors (Lipinski definition) is 13. The summed E-state index contributed by atoms with van der Waals surface area (Å²) >= 11 is 0. The number of aliphatic hydroxyl groups is 1. The summed E-state index contributed by atoms with van der Waals surface area (Å²) in [4.78, 5) is 51.5. The van der Waals surface area contributed by atoms with E-state index >= 15 is 0 Å². The Morgan fingerprint density at radius 1 is 1.12 bits per heavy atom. The molecule has 17 heteroatoms. The minimum atomic E-state index is -1.07. The van der Waals surface area contributed by atoms with Crippen LogP contribution in [-0.4, -0.2) is 72.3 Å². The van der Waals surface area contributed by atoms with E-state index in [4.69, 9.17) is 28.5 Å². The summed E-state index contributed by atoms with van der Waals surface area (Å²) in [7, 11) is 0. The van der Waals surface area contributed by atoms with Gasteiger partial charge in [0.1, 0.15) is 0 Å². The molecule has 0 bridgehead atoms. The first-order chi connectivity index (χ1) is 26.9. The zero-order chi connectivity index (χ0) is 39.5. The first-order valence-corrected chi connectivity index (χ1v) is 18.0. The number of anilines is 3. The van der Waals surface area contributed by atoms with E-state index in [0.29, 0.717) is 49.3 Å². The number of hydrogen-bond donors (Lipinski definition) is 4. The molecule has 7 rings (SSSR count). The van der Waals surface area contributed by atoms with Crippen molar-refractivity contribution in [3.05, 3.63) is 107 Å². The molecule has 4 aromatic heterocycles. The number of nitrogens with one attached hydrogen (secondary N) is 3. The number of halogens is 1. The van der Waals surface area contributed by atoms with Crippen LogP contribution in [0.15, 0.2) is 87.0 Å². The Bertz CT molecular complexity index is 2490. The Morgan fingerprint density at radius 3 is 2.70 bits per heavy atom. The highest BCUT2D eigenvalue weighted by molar-refractivity contribution is 6.04. The number of piperidine rings is 1. The van der Waals surface area contributed by atoms with E-state index in [9.17, 15) is 23.9 Å². The fraction of sp³-hybridized carbons (Fsp3) is 0.308. The summed E-state index contributed by atoms with van der Waals surface area (Å²) < 4.78 is 30.0. The van der Waals surface area contributed by atoms with E-state index in [1.54, 1.807) is 29.0 Å². The fourth-order valence-corrected chi connectivity index (χ4v) is 6.58. The molecule has 5 heterocycles. The third-order valence-electron chi connectivity index (χ3n) is 9.66. The fourth-order valence-electron chi connectivity index (χ4n) is 6.58. The smallest absolute Gasteiger partial charge is 0.441 e. The number of benzene rings is 2. The molecule has 0 spiro atoms. The molecule has 4 N–H and O–H groups in total. The number of nitrogens with zero attached hydrogens (tertiary/aromatic N) is 6. The largest absolute Gasteiger partial charge is 0.519 e. The van der Waals surface area contributed by atoms with Crippen LogP contribution < -0.4 is 21.8 Å². The zero-order valence-corrected chi connectivity index (χ0v) is 30.9. The number of pyridine rings is 1. The van der Waals surface area contributed by atoms with Crippen molar-refractivity contribution in [1.29, 1.82) is 0 Å². The van der Waals surface area contributed by atoms with Gasteiger partial charge in [0.2, 0.25) is 11.9 Å². The molecule has 0 aliphatic carbocycles. The first kappa shape index (κ1) is 37.7. The Kier molecular flexibility index (Phi) is 10.8. The van der Waals surface area contributed by atoms with Crippen LogP contribution in [0.2, 0.25) is 0 Å². The molecular formula is C39H40FN9O7. The van der Waals surface area contributed by atoms with E-state index < -0.39 is 29.8 Å². The van der Waals surface area contributed by atoms with Gasteiger partial charge in [0.15, 0.2) is 29.6 Å². The maximum Gasteiger partial charge on any atom is 0.519 e. The second-order valence-corrected chi connectivity index (χ2v) is 13.8. The van der Waals surface area contributed by atoms with Gasteiger partial charge in [0.25, 0.3) is 5.91 Å². The molecule has 290 valence electrons. The number of amides is 2. The van der Waals surface area contributed by atoms with E-state index in [0.717, 1.165) is 33.2 Å².